The second-order valence-corrected chi connectivity index (χ2v) is 3.90. The lowest BCUT2D eigenvalue weighted by molar-refractivity contribution is 0.218. The largest absolute Gasteiger partial charge is 0.384 e. The van der Waals surface area contributed by atoms with Crippen molar-refractivity contribution in [1.29, 1.82) is 5.26 Å². The van der Waals surface area contributed by atoms with E-state index in [2.05, 4.69) is 11.1 Å². The average Bonchev–Trinajstić information content (AvgIpc) is 2.17. The first kappa shape index (κ1) is 11.0. The monoisotopic (exact) mass is 208 g/mol. The van der Waals surface area contributed by atoms with Crippen molar-refractivity contribution in [1.82, 2.24) is 4.98 Å². The number of pyridine rings is 1. The number of aromatic nitrogens is 1. The number of hydrogen-bond acceptors (Lipinski definition) is 4. The van der Waals surface area contributed by atoms with Crippen LogP contribution in [0.2, 0.25) is 0 Å². The molecular formula is C10H12N2OS. The van der Waals surface area contributed by atoms with E-state index in [-0.39, 0.29) is 0 Å². The number of aryl methyl sites for hydroxylation is 1. The predicted molar refractivity (Wildman–Crippen MR) is 56.3 cm³/mol. The van der Waals surface area contributed by atoms with Gasteiger partial charge in [-0.2, -0.15) is 5.26 Å². The maximum Gasteiger partial charge on any atom is 0.0993 e. The van der Waals surface area contributed by atoms with Crippen molar-refractivity contribution in [2.24, 2.45) is 0 Å². The van der Waals surface area contributed by atoms with Gasteiger partial charge < -0.3 is 4.74 Å². The van der Waals surface area contributed by atoms with Gasteiger partial charge in [-0.3, -0.25) is 0 Å². The van der Waals surface area contributed by atoms with Crippen LogP contribution in [0, 0.1) is 18.3 Å². The summed E-state index contributed by atoms with van der Waals surface area (Å²) in [6, 6.07) is 5.69. The van der Waals surface area contributed by atoms with Crippen LogP contribution in [0.1, 0.15) is 11.3 Å². The predicted octanol–water partition coefficient (Wildman–Crippen LogP) is 2.00. The molecule has 0 aromatic carbocycles. The molecule has 0 radical (unpaired) electrons. The number of hydrogen-bond donors (Lipinski definition) is 0. The van der Waals surface area contributed by atoms with Crippen LogP contribution in [0.25, 0.3) is 0 Å². The van der Waals surface area contributed by atoms with Crippen LogP contribution in [0.4, 0.5) is 0 Å². The number of methoxy groups -OCH3 is 1. The summed E-state index contributed by atoms with van der Waals surface area (Å²) in [5.74, 6) is 0.859. The van der Waals surface area contributed by atoms with Crippen LogP contribution >= 0.6 is 11.8 Å². The van der Waals surface area contributed by atoms with Crippen LogP contribution < -0.4 is 0 Å². The Balaban J connectivity index is 2.68. The van der Waals surface area contributed by atoms with E-state index < -0.39 is 0 Å². The third-order valence-electron chi connectivity index (χ3n) is 1.60. The first-order chi connectivity index (χ1) is 6.76. The molecular weight excluding hydrogens is 196 g/mol. The van der Waals surface area contributed by atoms with Gasteiger partial charge in [0.05, 0.1) is 23.3 Å². The van der Waals surface area contributed by atoms with E-state index in [0.29, 0.717) is 12.2 Å². The molecule has 0 atom stereocenters. The molecule has 0 N–H and O–H groups in total. The number of nitrogens with zero attached hydrogens (tertiary/aromatic N) is 2. The number of rotatable bonds is 4. The molecule has 14 heavy (non-hydrogen) atoms. The second kappa shape index (κ2) is 5.63. The fourth-order valence-electron chi connectivity index (χ4n) is 1.01. The molecule has 0 aliphatic rings. The van der Waals surface area contributed by atoms with Gasteiger partial charge in [0.2, 0.25) is 0 Å². The quantitative estimate of drug-likeness (QED) is 0.561. The van der Waals surface area contributed by atoms with Gasteiger partial charge in [0, 0.05) is 18.6 Å². The van der Waals surface area contributed by atoms with Crippen LogP contribution in [-0.2, 0) is 4.74 Å². The summed E-state index contributed by atoms with van der Waals surface area (Å²) in [5, 5.41) is 9.63. The van der Waals surface area contributed by atoms with E-state index in [1.54, 1.807) is 31.0 Å². The number of thioether (sulfide) groups is 1. The zero-order chi connectivity index (χ0) is 10.4. The molecule has 0 aliphatic heterocycles. The molecule has 0 amide bonds. The molecule has 1 rings (SSSR count). The first-order valence-electron chi connectivity index (χ1n) is 4.27. The highest BCUT2D eigenvalue weighted by molar-refractivity contribution is 7.99. The van der Waals surface area contributed by atoms with E-state index in [1.165, 1.54) is 0 Å². The Bertz CT molecular complexity index is 346. The minimum absolute atomic E-state index is 0.664. The van der Waals surface area contributed by atoms with E-state index >= 15 is 0 Å². The van der Waals surface area contributed by atoms with Gasteiger partial charge in [0.1, 0.15) is 0 Å². The van der Waals surface area contributed by atoms with E-state index in [0.717, 1.165) is 16.5 Å². The highest BCUT2D eigenvalue weighted by atomic mass is 32.2. The van der Waals surface area contributed by atoms with E-state index in [1.807, 2.05) is 6.92 Å². The summed E-state index contributed by atoms with van der Waals surface area (Å²) in [6.07, 6.45) is 0. The zero-order valence-electron chi connectivity index (χ0n) is 8.28. The molecule has 1 aromatic heterocycles. The minimum Gasteiger partial charge on any atom is -0.384 e. The van der Waals surface area contributed by atoms with Crippen LogP contribution in [0.3, 0.4) is 0 Å². The lowest BCUT2D eigenvalue weighted by Gasteiger charge is -2.01. The molecule has 0 saturated heterocycles. The second-order valence-electron chi connectivity index (χ2n) is 2.79. The number of ether oxygens (including phenoxy) is 1. The summed E-state index contributed by atoms with van der Waals surface area (Å²) >= 11 is 1.60. The van der Waals surface area contributed by atoms with Gasteiger partial charge in [0.15, 0.2) is 0 Å². The third-order valence-corrected chi connectivity index (χ3v) is 2.47. The van der Waals surface area contributed by atoms with Crippen molar-refractivity contribution >= 4 is 11.8 Å². The van der Waals surface area contributed by atoms with Crippen molar-refractivity contribution in [3.63, 3.8) is 0 Å². The zero-order valence-corrected chi connectivity index (χ0v) is 9.10. The molecule has 0 saturated carbocycles. The van der Waals surface area contributed by atoms with Crippen molar-refractivity contribution in [2.45, 2.75) is 11.9 Å². The average molecular weight is 208 g/mol. The van der Waals surface area contributed by atoms with Crippen molar-refractivity contribution in [3.8, 4) is 6.07 Å². The third kappa shape index (κ3) is 3.36. The van der Waals surface area contributed by atoms with E-state index in [9.17, 15) is 0 Å². The molecule has 1 aromatic rings. The minimum atomic E-state index is 0.664. The molecule has 1 heterocycles. The maximum absolute atomic E-state index is 8.75. The summed E-state index contributed by atoms with van der Waals surface area (Å²) in [4.78, 5) is 4.31. The summed E-state index contributed by atoms with van der Waals surface area (Å²) in [6.45, 7) is 2.59. The molecule has 0 fully saturated rings. The maximum atomic E-state index is 8.75. The Morgan fingerprint density at radius 2 is 2.36 bits per heavy atom. The molecule has 0 spiro atoms. The fraction of sp³-hybridized carbons (Fsp3) is 0.400. The molecule has 0 aliphatic carbocycles. The lowest BCUT2D eigenvalue weighted by Crippen LogP contribution is -1.93. The van der Waals surface area contributed by atoms with Gasteiger partial charge in [-0.1, -0.05) is 0 Å². The molecule has 74 valence electrons. The summed E-state index contributed by atoms with van der Waals surface area (Å²) in [5.41, 5.74) is 1.54. The Hall–Kier alpha value is -1.05. The first-order valence-corrected chi connectivity index (χ1v) is 5.25. The normalized spacial score (nSPS) is 9.79. The molecule has 0 unspecified atom stereocenters. The van der Waals surface area contributed by atoms with Gasteiger partial charge in [0.25, 0.3) is 0 Å². The highest BCUT2D eigenvalue weighted by Crippen LogP contribution is 2.17. The van der Waals surface area contributed by atoms with Crippen LogP contribution in [0.5, 0.6) is 0 Å². The van der Waals surface area contributed by atoms with Gasteiger partial charge in [-0.25, -0.2) is 4.98 Å². The van der Waals surface area contributed by atoms with Crippen LogP contribution in [0.15, 0.2) is 17.2 Å². The highest BCUT2D eigenvalue weighted by Gasteiger charge is 2.00. The van der Waals surface area contributed by atoms with Gasteiger partial charge in [-0.15, -0.1) is 11.8 Å². The Labute approximate surface area is 88.1 Å². The van der Waals surface area contributed by atoms with E-state index in [4.69, 9.17) is 10.00 Å². The Morgan fingerprint density at radius 1 is 1.57 bits per heavy atom. The van der Waals surface area contributed by atoms with Gasteiger partial charge >= 0.3 is 0 Å². The Kier molecular flexibility index (Phi) is 4.44. The Morgan fingerprint density at radius 3 is 3.00 bits per heavy atom. The lowest BCUT2D eigenvalue weighted by atomic mass is 10.2. The molecule has 3 nitrogen and oxygen atoms in total. The van der Waals surface area contributed by atoms with Gasteiger partial charge in [-0.05, 0) is 19.1 Å². The molecule has 0 bridgehead atoms. The topological polar surface area (TPSA) is 45.9 Å². The standard InChI is InChI=1S/C10H12N2OS/c1-8-5-9(7-11)6-10(12-8)14-4-3-13-2/h5-6H,3-4H2,1-2H3. The number of nitriles is 1. The summed E-state index contributed by atoms with van der Waals surface area (Å²) in [7, 11) is 1.67. The van der Waals surface area contributed by atoms with Crippen LogP contribution in [-0.4, -0.2) is 24.5 Å². The fourth-order valence-corrected chi connectivity index (χ4v) is 1.88. The SMILES string of the molecule is COCCSc1cc(C#N)cc(C)n1. The summed E-state index contributed by atoms with van der Waals surface area (Å²) < 4.78 is 4.94. The van der Waals surface area contributed by atoms with Crippen molar-refractivity contribution in [3.05, 3.63) is 23.4 Å². The smallest absolute Gasteiger partial charge is 0.0993 e. The van der Waals surface area contributed by atoms with Crippen molar-refractivity contribution < 1.29 is 4.74 Å². The molecule has 4 heteroatoms. The van der Waals surface area contributed by atoms with Crippen molar-refractivity contribution in [2.75, 3.05) is 19.5 Å².